The van der Waals surface area contributed by atoms with Crippen LogP contribution in [0.15, 0.2) is 41.3 Å². The van der Waals surface area contributed by atoms with E-state index in [1.807, 2.05) is 24.3 Å². The lowest BCUT2D eigenvalue weighted by Gasteiger charge is -2.13. The molecule has 0 saturated carbocycles. The number of hydrogen-bond acceptors (Lipinski definition) is 4. The number of hydrogen-bond donors (Lipinski definition) is 1. The Morgan fingerprint density at radius 1 is 1.50 bits per heavy atom. The molecule has 0 aliphatic heterocycles. The van der Waals surface area contributed by atoms with Crippen molar-refractivity contribution in [1.82, 2.24) is 9.97 Å². The maximum absolute atomic E-state index is 11.5. The number of nitrogens with zero attached hydrogens (tertiary/aromatic N) is 2. The number of aliphatic carboxylic acids is 1. The van der Waals surface area contributed by atoms with E-state index < -0.39 is 11.9 Å². The standard InChI is InChI=1S/C14H13BrN2O3/c1-20-10-4-2-3-9(5-10)6-11(14(18)19)13-12(15)7-16-8-17-13/h2-5,7-8,11H,6H2,1H3,(H,18,19). The normalized spacial score (nSPS) is 11.9. The number of ether oxygens (including phenoxy) is 1. The molecular formula is C14H13BrN2O3. The van der Waals surface area contributed by atoms with Crippen molar-refractivity contribution in [2.75, 3.05) is 7.11 Å². The number of methoxy groups -OCH3 is 1. The summed E-state index contributed by atoms with van der Waals surface area (Å²) < 4.78 is 5.74. The van der Waals surface area contributed by atoms with Crippen molar-refractivity contribution >= 4 is 21.9 Å². The minimum Gasteiger partial charge on any atom is -0.497 e. The molecule has 104 valence electrons. The summed E-state index contributed by atoms with van der Waals surface area (Å²) in [5, 5.41) is 9.43. The van der Waals surface area contributed by atoms with Gasteiger partial charge in [0.1, 0.15) is 18.0 Å². The Bertz CT molecular complexity index is 619. The Hall–Kier alpha value is -1.95. The number of carboxylic acid groups (broad SMARTS) is 1. The fourth-order valence-electron chi connectivity index (χ4n) is 1.91. The van der Waals surface area contributed by atoms with Gasteiger partial charge in [-0.25, -0.2) is 9.97 Å². The van der Waals surface area contributed by atoms with E-state index in [1.54, 1.807) is 13.3 Å². The van der Waals surface area contributed by atoms with Crippen LogP contribution in [0.25, 0.3) is 0 Å². The molecule has 0 bridgehead atoms. The molecule has 1 heterocycles. The Balaban J connectivity index is 2.31. The molecule has 5 nitrogen and oxygen atoms in total. The average molecular weight is 337 g/mol. The molecule has 6 heteroatoms. The van der Waals surface area contributed by atoms with E-state index >= 15 is 0 Å². The first-order valence-corrected chi connectivity index (χ1v) is 6.72. The first-order valence-electron chi connectivity index (χ1n) is 5.93. The van der Waals surface area contributed by atoms with Crippen LogP contribution in [-0.4, -0.2) is 28.2 Å². The molecule has 1 atom stereocenters. The Labute approximate surface area is 124 Å². The zero-order valence-electron chi connectivity index (χ0n) is 10.8. The molecule has 0 fully saturated rings. The smallest absolute Gasteiger partial charge is 0.312 e. The lowest BCUT2D eigenvalue weighted by atomic mass is 9.96. The van der Waals surface area contributed by atoms with Gasteiger partial charge in [0.2, 0.25) is 0 Å². The quantitative estimate of drug-likeness (QED) is 0.908. The van der Waals surface area contributed by atoms with Gasteiger partial charge < -0.3 is 9.84 Å². The second-order valence-corrected chi connectivity index (χ2v) is 5.06. The third kappa shape index (κ3) is 3.33. The van der Waals surface area contributed by atoms with E-state index in [-0.39, 0.29) is 0 Å². The summed E-state index contributed by atoms with van der Waals surface area (Å²) in [5.74, 6) is -0.958. The summed E-state index contributed by atoms with van der Waals surface area (Å²) >= 11 is 3.29. The molecule has 0 aliphatic rings. The maximum atomic E-state index is 11.5. The van der Waals surface area contributed by atoms with Crippen LogP contribution in [0.2, 0.25) is 0 Å². The molecule has 1 aromatic carbocycles. The van der Waals surface area contributed by atoms with Crippen molar-refractivity contribution < 1.29 is 14.6 Å². The topological polar surface area (TPSA) is 72.3 Å². The van der Waals surface area contributed by atoms with Crippen LogP contribution in [0.4, 0.5) is 0 Å². The van der Waals surface area contributed by atoms with E-state index in [2.05, 4.69) is 25.9 Å². The van der Waals surface area contributed by atoms with Crippen molar-refractivity contribution in [2.45, 2.75) is 12.3 Å². The van der Waals surface area contributed by atoms with E-state index in [0.29, 0.717) is 22.3 Å². The summed E-state index contributed by atoms with van der Waals surface area (Å²) in [7, 11) is 1.58. The summed E-state index contributed by atoms with van der Waals surface area (Å²) in [6.45, 7) is 0. The maximum Gasteiger partial charge on any atom is 0.312 e. The third-order valence-corrected chi connectivity index (χ3v) is 3.51. The number of benzene rings is 1. The van der Waals surface area contributed by atoms with Crippen molar-refractivity contribution in [1.29, 1.82) is 0 Å². The second kappa shape index (κ2) is 6.47. The summed E-state index contributed by atoms with van der Waals surface area (Å²) in [6.07, 6.45) is 3.23. The Morgan fingerprint density at radius 3 is 2.95 bits per heavy atom. The second-order valence-electron chi connectivity index (χ2n) is 4.20. The number of rotatable bonds is 5. The lowest BCUT2D eigenvalue weighted by molar-refractivity contribution is -0.138. The van der Waals surface area contributed by atoms with Crippen molar-refractivity contribution in [3.63, 3.8) is 0 Å². The zero-order valence-corrected chi connectivity index (χ0v) is 12.4. The van der Waals surface area contributed by atoms with Crippen molar-refractivity contribution in [3.8, 4) is 5.75 Å². The molecule has 0 aliphatic carbocycles. The number of halogens is 1. The van der Waals surface area contributed by atoms with Gasteiger partial charge in [0.15, 0.2) is 0 Å². The van der Waals surface area contributed by atoms with Gasteiger partial charge in [-0.3, -0.25) is 4.79 Å². The largest absolute Gasteiger partial charge is 0.497 e. The minimum atomic E-state index is -0.924. The predicted molar refractivity (Wildman–Crippen MR) is 76.8 cm³/mol. The zero-order chi connectivity index (χ0) is 14.5. The first-order chi connectivity index (χ1) is 9.61. The van der Waals surface area contributed by atoms with E-state index in [1.165, 1.54) is 6.33 Å². The van der Waals surface area contributed by atoms with Gasteiger partial charge in [0.25, 0.3) is 0 Å². The highest BCUT2D eigenvalue weighted by molar-refractivity contribution is 9.10. The molecule has 20 heavy (non-hydrogen) atoms. The number of aromatic nitrogens is 2. The van der Waals surface area contributed by atoms with Gasteiger partial charge in [-0.1, -0.05) is 12.1 Å². The van der Waals surface area contributed by atoms with E-state index in [0.717, 1.165) is 5.56 Å². The van der Waals surface area contributed by atoms with Crippen LogP contribution in [0.5, 0.6) is 5.75 Å². The van der Waals surface area contributed by atoms with Gasteiger partial charge >= 0.3 is 5.97 Å². The molecular weight excluding hydrogens is 324 g/mol. The van der Waals surface area contributed by atoms with E-state index in [4.69, 9.17) is 4.74 Å². The van der Waals surface area contributed by atoms with Crippen LogP contribution in [-0.2, 0) is 11.2 Å². The van der Waals surface area contributed by atoms with Crippen LogP contribution in [0.1, 0.15) is 17.2 Å². The SMILES string of the molecule is COc1cccc(CC(C(=O)O)c2ncncc2Br)c1. The average Bonchev–Trinajstić information content (AvgIpc) is 2.45. The molecule has 0 radical (unpaired) electrons. The van der Waals surface area contributed by atoms with Gasteiger partial charge in [-0.05, 0) is 40.0 Å². The summed E-state index contributed by atoms with van der Waals surface area (Å²) in [4.78, 5) is 19.4. The Morgan fingerprint density at radius 2 is 2.30 bits per heavy atom. The summed E-state index contributed by atoms with van der Waals surface area (Å²) in [6, 6.07) is 7.35. The monoisotopic (exact) mass is 336 g/mol. The molecule has 1 N–H and O–H groups in total. The van der Waals surface area contributed by atoms with E-state index in [9.17, 15) is 9.90 Å². The first kappa shape index (κ1) is 14.5. The van der Waals surface area contributed by atoms with Gasteiger partial charge in [0.05, 0.1) is 17.3 Å². The van der Waals surface area contributed by atoms with Crippen LogP contribution in [0.3, 0.4) is 0 Å². The van der Waals surface area contributed by atoms with Crippen LogP contribution >= 0.6 is 15.9 Å². The van der Waals surface area contributed by atoms with Crippen molar-refractivity contribution in [3.05, 3.63) is 52.5 Å². The molecule has 2 aromatic rings. The predicted octanol–water partition coefficient (Wildman–Crippen LogP) is 2.66. The van der Waals surface area contributed by atoms with Gasteiger partial charge in [-0.15, -0.1) is 0 Å². The fraction of sp³-hybridized carbons (Fsp3) is 0.214. The molecule has 0 saturated heterocycles. The molecule has 2 rings (SSSR count). The van der Waals surface area contributed by atoms with Gasteiger partial charge in [0, 0.05) is 6.20 Å². The molecule has 0 amide bonds. The van der Waals surface area contributed by atoms with Crippen LogP contribution in [0, 0.1) is 0 Å². The summed E-state index contributed by atoms with van der Waals surface area (Å²) in [5.41, 5.74) is 1.34. The van der Waals surface area contributed by atoms with Crippen molar-refractivity contribution in [2.24, 2.45) is 0 Å². The lowest BCUT2D eigenvalue weighted by Crippen LogP contribution is -2.16. The minimum absolute atomic E-state index is 0.335. The molecule has 1 aromatic heterocycles. The number of carboxylic acids is 1. The molecule has 0 spiro atoms. The molecule has 1 unspecified atom stereocenters. The highest BCUT2D eigenvalue weighted by atomic mass is 79.9. The Kier molecular flexibility index (Phi) is 4.68. The van der Waals surface area contributed by atoms with Gasteiger partial charge in [-0.2, -0.15) is 0 Å². The third-order valence-electron chi connectivity index (χ3n) is 2.90. The van der Waals surface area contributed by atoms with Crippen LogP contribution < -0.4 is 4.74 Å². The highest BCUT2D eigenvalue weighted by Gasteiger charge is 2.24. The highest BCUT2D eigenvalue weighted by Crippen LogP contribution is 2.26. The number of carbonyl (C=O) groups is 1. The fourth-order valence-corrected chi connectivity index (χ4v) is 2.41.